The molecular weight excluding hydrogens is 334 g/mol. The molecule has 0 bridgehead atoms. The molecule has 0 fully saturated rings. The zero-order valence-corrected chi connectivity index (χ0v) is 12.5. The second-order valence-electron chi connectivity index (χ2n) is 3.88. The fraction of sp³-hybridized carbons (Fsp3) is 0.133. The van der Waals surface area contributed by atoms with Crippen LogP contribution in [0.15, 0.2) is 35.1 Å². The summed E-state index contributed by atoms with van der Waals surface area (Å²) in [4.78, 5) is 8.32. The van der Waals surface area contributed by atoms with Crippen molar-refractivity contribution in [2.24, 2.45) is 0 Å². The molecule has 5 nitrogen and oxygen atoms in total. The van der Waals surface area contributed by atoms with Gasteiger partial charge in [-0.05, 0) is 28.1 Å². The Kier molecular flexibility index (Phi) is 5.28. The van der Waals surface area contributed by atoms with Crippen LogP contribution in [0, 0.1) is 23.2 Å². The van der Waals surface area contributed by atoms with Crippen molar-refractivity contribution in [3.05, 3.63) is 51.9 Å². The molecule has 0 saturated heterocycles. The highest BCUT2D eigenvalue weighted by molar-refractivity contribution is 9.10. The highest BCUT2D eigenvalue weighted by atomic mass is 79.9. The minimum atomic E-state index is -0.260. The van der Waals surface area contributed by atoms with E-state index in [1.165, 1.54) is 6.20 Å². The topological polar surface area (TPSA) is 79.0 Å². The molecule has 2 rings (SSSR count). The predicted molar refractivity (Wildman–Crippen MR) is 79.2 cm³/mol. The molecule has 2 aromatic heterocycles. The molecule has 0 aliphatic carbocycles. The number of nitriles is 1. The summed E-state index contributed by atoms with van der Waals surface area (Å²) in [7, 11) is 0. The van der Waals surface area contributed by atoms with Crippen LogP contribution in [-0.2, 0) is 6.61 Å². The summed E-state index contributed by atoms with van der Waals surface area (Å²) in [5, 5.41) is 17.7. The monoisotopic (exact) mass is 343 g/mol. The van der Waals surface area contributed by atoms with Crippen molar-refractivity contribution in [1.82, 2.24) is 9.97 Å². The van der Waals surface area contributed by atoms with Gasteiger partial charge in [0.1, 0.15) is 23.9 Å². The van der Waals surface area contributed by atoms with E-state index in [2.05, 4.69) is 37.7 Å². The number of aromatic nitrogens is 2. The summed E-state index contributed by atoms with van der Waals surface area (Å²) in [5.41, 5.74) is 1.54. The third-order valence-corrected chi connectivity index (χ3v) is 2.89. The first-order valence-corrected chi connectivity index (χ1v) is 6.76. The summed E-state index contributed by atoms with van der Waals surface area (Å²) in [6, 6.07) is 8.95. The van der Waals surface area contributed by atoms with E-state index in [-0.39, 0.29) is 13.2 Å². The molecule has 0 saturated carbocycles. The minimum Gasteiger partial charge on any atom is -0.471 e. The normalized spacial score (nSPS) is 9.38. The third-order valence-electron chi connectivity index (χ3n) is 2.45. The number of rotatable bonds is 3. The molecule has 2 heterocycles. The Morgan fingerprint density at radius 3 is 2.95 bits per heavy atom. The summed E-state index contributed by atoms with van der Waals surface area (Å²) < 4.78 is 6.22. The van der Waals surface area contributed by atoms with Gasteiger partial charge >= 0.3 is 0 Å². The van der Waals surface area contributed by atoms with Gasteiger partial charge in [-0.25, -0.2) is 4.98 Å². The number of aliphatic hydroxyl groups is 1. The molecule has 2 aromatic rings. The van der Waals surface area contributed by atoms with Crippen molar-refractivity contribution >= 4 is 15.9 Å². The SMILES string of the molecule is N#Cc1cnc(COc2cccc(Br)n2)c(C#CCO)c1. The van der Waals surface area contributed by atoms with Gasteiger partial charge in [0.05, 0.1) is 16.8 Å². The summed E-state index contributed by atoms with van der Waals surface area (Å²) in [6.45, 7) is -0.0884. The van der Waals surface area contributed by atoms with E-state index in [1.807, 2.05) is 12.1 Å². The smallest absolute Gasteiger partial charge is 0.214 e. The average Bonchev–Trinajstić information content (AvgIpc) is 2.51. The van der Waals surface area contributed by atoms with Crippen LogP contribution in [0.3, 0.4) is 0 Å². The van der Waals surface area contributed by atoms with Gasteiger partial charge in [0, 0.05) is 12.3 Å². The van der Waals surface area contributed by atoms with Gasteiger partial charge in [0.2, 0.25) is 5.88 Å². The highest BCUT2D eigenvalue weighted by Crippen LogP contribution is 2.15. The van der Waals surface area contributed by atoms with Gasteiger partial charge in [0.25, 0.3) is 0 Å². The molecule has 0 amide bonds. The van der Waals surface area contributed by atoms with E-state index in [0.717, 1.165) is 0 Å². The van der Waals surface area contributed by atoms with Crippen LogP contribution in [-0.4, -0.2) is 21.7 Å². The second-order valence-corrected chi connectivity index (χ2v) is 4.69. The Balaban J connectivity index is 2.21. The van der Waals surface area contributed by atoms with Crippen molar-refractivity contribution in [1.29, 1.82) is 5.26 Å². The molecule has 0 radical (unpaired) electrons. The first-order chi connectivity index (χ1) is 10.2. The van der Waals surface area contributed by atoms with Crippen LogP contribution < -0.4 is 4.74 Å². The van der Waals surface area contributed by atoms with Crippen LogP contribution >= 0.6 is 15.9 Å². The zero-order valence-electron chi connectivity index (χ0n) is 10.9. The lowest BCUT2D eigenvalue weighted by Gasteiger charge is -2.07. The molecule has 104 valence electrons. The van der Waals surface area contributed by atoms with Gasteiger partial charge in [-0.3, -0.25) is 4.98 Å². The molecule has 0 atom stereocenters. The first-order valence-electron chi connectivity index (χ1n) is 5.97. The standard InChI is InChI=1S/C15H10BrN3O2/c16-14-4-1-5-15(19-14)21-10-13-12(3-2-6-20)7-11(8-17)9-18-13/h1,4-5,7,9,20H,6,10H2. The fourth-order valence-corrected chi connectivity index (χ4v) is 1.85. The summed E-state index contributed by atoms with van der Waals surface area (Å²) in [5.74, 6) is 5.76. The molecule has 0 aliphatic rings. The Labute approximate surface area is 130 Å². The second kappa shape index (κ2) is 7.39. The van der Waals surface area contributed by atoms with Crippen molar-refractivity contribution in [2.75, 3.05) is 6.61 Å². The van der Waals surface area contributed by atoms with Crippen molar-refractivity contribution in [2.45, 2.75) is 6.61 Å². The molecule has 1 N–H and O–H groups in total. The van der Waals surface area contributed by atoms with Crippen LogP contribution in [0.4, 0.5) is 0 Å². The molecule has 0 aromatic carbocycles. The third kappa shape index (κ3) is 4.28. The maximum atomic E-state index is 8.88. The van der Waals surface area contributed by atoms with Gasteiger partial charge < -0.3 is 9.84 Å². The van der Waals surface area contributed by atoms with Crippen LogP contribution in [0.25, 0.3) is 0 Å². The number of hydrogen-bond acceptors (Lipinski definition) is 5. The lowest BCUT2D eigenvalue weighted by atomic mass is 10.1. The van der Waals surface area contributed by atoms with E-state index < -0.39 is 0 Å². The van der Waals surface area contributed by atoms with Crippen LogP contribution in [0.2, 0.25) is 0 Å². The summed E-state index contributed by atoms with van der Waals surface area (Å²) in [6.07, 6.45) is 1.46. The number of nitrogens with zero attached hydrogens (tertiary/aromatic N) is 3. The molecule has 6 heteroatoms. The molecule has 0 unspecified atom stereocenters. The lowest BCUT2D eigenvalue weighted by Crippen LogP contribution is -2.03. The highest BCUT2D eigenvalue weighted by Gasteiger charge is 2.06. The fourth-order valence-electron chi connectivity index (χ4n) is 1.52. The van der Waals surface area contributed by atoms with Crippen molar-refractivity contribution < 1.29 is 9.84 Å². The quantitative estimate of drug-likeness (QED) is 0.681. The number of hydrogen-bond donors (Lipinski definition) is 1. The average molecular weight is 344 g/mol. The predicted octanol–water partition coefficient (Wildman–Crippen LogP) is 2.03. The first kappa shape index (κ1) is 15.0. The maximum Gasteiger partial charge on any atom is 0.214 e. The van der Waals surface area contributed by atoms with E-state index >= 15 is 0 Å². The van der Waals surface area contributed by atoms with Gasteiger partial charge in [-0.15, -0.1) is 0 Å². The maximum absolute atomic E-state index is 8.88. The van der Waals surface area contributed by atoms with Crippen LogP contribution in [0.5, 0.6) is 5.88 Å². The minimum absolute atomic E-state index is 0.171. The Morgan fingerprint density at radius 1 is 1.38 bits per heavy atom. The van der Waals surface area contributed by atoms with Gasteiger partial charge in [-0.2, -0.15) is 5.26 Å². The van der Waals surface area contributed by atoms with Gasteiger partial charge in [0.15, 0.2) is 0 Å². The Morgan fingerprint density at radius 2 is 2.24 bits per heavy atom. The van der Waals surface area contributed by atoms with Crippen LogP contribution in [0.1, 0.15) is 16.8 Å². The number of pyridine rings is 2. The number of halogens is 1. The van der Waals surface area contributed by atoms with E-state index in [9.17, 15) is 0 Å². The largest absolute Gasteiger partial charge is 0.471 e. The van der Waals surface area contributed by atoms with E-state index in [4.69, 9.17) is 15.1 Å². The van der Waals surface area contributed by atoms with Crippen molar-refractivity contribution in [3.8, 4) is 23.8 Å². The Hall–Kier alpha value is -2.41. The Bertz CT molecular complexity index is 745. The van der Waals surface area contributed by atoms with E-state index in [0.29, 0.717) is 27.3 Å². The zero-order chi connectivity index (χ0) is 15.1. The molecule has 21 heavy (non-hydrogen) atoms. The number of aliphatic hydroxyl groups excluding tert-OH is 1. The van der Waals surface area contributed by atoms with Crippen molar-refractivity contribution in [3.63, 3.8) is 0 Å². The molecule has 0 spiro atoms. The molecular formula is C15H10BrN3O2. The lowest BCUT2D eigenvalue weighted by molar-refractivity contribution is 0.288. The summed E-state index contributed by atoms with van der Waals surface area (Å²) >= 11 is 3.26. The van der Waals surface area contributed by atoms with E-state index in [1.54, 1.807) is 18.2 Å². The van der Waals surface area contributed by atoms with Gasteiger partial charge in [-0.1, -0.05) is 17.9 Å². The molecule has 0 aliphatic heterocycles. The number of ether oxygens (including phenoxy) is 1.